The fraction of sp³-hybridized carbons (Fsp3) is 0.200. The smallest absolute Gasteiger partial charge is 0.137 e. The van der Waals surface area contributed by atoms with Crippen LogP contribution in [0.5, 0.6) is 0 Å². The Morgan fingerprint density at radius 2 is 1.85 bits per heavy atom. The number of hydrogen-bond acceptors (Lipinski definition) is 1. The van der Waals surface area contributed by atoms with E-state index in [9.17, 15) is 9.50 Å². The van der Waals surface area contributed by atoms with Gasteiger partial charge >= 0.3 is 0 Å². The molecule has 0 bridgehead atoms. The topological polar surface area (TPSA) is 20.2 Å². The SMILES string of the molecule is OC(Cc1ccc(Cl)c(Cl)c1)Cc1cccc(F)c1Br. The standard InChI is InChI=1S/C15H12BrCl2FO/c16-15-10(2-1-3-14(15)19)8-11(20)6-9-4-5-12(17)13(18)7-9/h1-5,7,11,20H,6,8H2. The quantitative estimate of drug-likeness (QED) is 0.791. The van der Waals surface area contributed by atoms with Crippen LogP contribution in [0.3, 0.4) is 0 Å². The molecule has 1 N–H and O–H groups in total. The lowest BCUT2D eigenvalue weighted by Gasteiger charge is -2.13. The highest BCUT2D eigenvalue weighted by Gasteiger charge is 2.12. The average molecular weight is 378 g/mol. The Morgan fingerprint density at radius 3 is 2.55 bits per heavy atom. The monoisotopic (exact) mass is 376 g/mol. The van der Waals surface area contributed by atoms with Crippen LogP contribution in [0, 0.1) is 5.82 Å². The molecule has 0 amide bonds. The lowest BCUT2D eigenvalue weighted by molar-refractivity contribution is 0.175. The minimum atomic E-state index is -0.620. The second kappa shape index (κ2) is 6.90. The fourth-order valence-electron chi connectivity index (χ4n) is 1.97. The molecule has 1 nitrogen and oxygen atoms in total. The molecule has 106 valence electrons. The van der Waals surface area contributed by atoms with Crippen molar-refractivity contribution in [2.24, 2.45) is 0 Å². The summed E-state index contributed by atoms with van der Waals surface area (Å²) in [5, 5.41) is 11.1. The van der Waals surface area contributed by atoms with Gasteiger partial charge in [0.25, 0.3) is 0 Å². The van der Waals surface area contributed by atoms with Crippen molar-refractivity contribution in [2.45, 2.75) is 18.9 Å². The van der Waals surface area contributed by atoms with Crippen molar-refractivity contribution < 1.29 is 9.50 Å². The number of halogens is 4. The molecule has 1 atom stereocenters. The van der Waals surface area contributed by atoms with Gasteiger partial charge in [-0.1, -0.05) is 41.4 Å². The minimum Gasteiger partial charge on any atom is -0.392 e. The van der Waals surface area contributed by atoms with Gasteiger partial charge in [-0.05, 0) is 58.1 Å². The zero-order chi connectivity index (χ0) is 14.7. The first-order chi connectivity index (χ1) is 9.47. The first kappa shape index (κ1) is 15.8. The van der Waals surface area contributed by atoms with Crippen LogP contribution in [-0.4, -0.2) is 11.2 Å². The van der Waals surface area contributed by atoms with Crippen LogP contribution in [0.25, 0.3) is 0 Å². The van der Waals surface area contributed by atoms with Gasteiger partial charge in [0.1, 0.15) is 5.82 Å². The summed E-state index contributed by atoms with van der Waals surface area (Å²) in [6.45, 7) is 0. The fourth-order valence-corrected chi connectivity index (χ4v) is 2.72. The van der Waals surface area contributed by atoms with E-state index in [4.69, 9.17) is 23.2 Å². The summed E-state index contributed by atoms with van der Waals surface area (Å²) >= 11 is 15.0. The van der Waals surface area contributed by atoms with Gasteiger partial charge in [0.05, 0.1) is 20.6 Å². The second-order valence-electron chi connectivity index (χ2n) is 4.52. The maximum atomic E-state index is 13.4. The molecule has 0 spiro atoms. The molecular weight excluding hydrogens is 366 g/mol. The van der Waals surface area contributed by atoms with E-state index in [1.807, 2.05) is 6.07 Å². The Labute approximate surface area is 135 Å². The van der Waals surface area contributed by atoms with Crippen LogP contribution in [-0.2, 0) is 12.8 Å². The number of hydrogen-bond donors (Lipinski definition) is 1. The lowest BCUT2D eigenvalue weighted by atomic mass is 10.0. The van der Waals surface area contributed by atoms with E-state index < -0.39 is 6.10 Å². The summed E-state index contributed by atoms with van der Waals surface area (Å²) in [6, 6.07) is 10.0. The molecule has 0 radical (unpaired) electrons. The zero-order valence-corrected chi connectivity index (χ0v) is 13.5. The summed E-state index contributed by atoms with van der Waals surface area (Å²) in [6.07, 6.45) is 0.170. The van der Waals surface area contributed by atoms with E-state index in [1.54, 1.807) is 24.3 Å². The molecule has 0 heterocycles. The van der Waals surface area contributed by atoms with E-state index in [1.165, 1.54) is 6.07 Å². The van der Waals surface area contributed by atoms with Gasteiger partial charge in [-0.25, -0.2) is 4.39 Å². The predicted octanol–water partition coefficient (Wildman–Crippen LogP) is 5.04. The maximum absolute atomic E-state index is 13.4. The molecule has 0 fully saturated rings. The maximum Gasteiger partial charge on any atom is 0.137 e. The Hall–Kier alpha value is -0.610. The van der Waals surface area contributed by atoms with Crippen molar-refractivity contribution in [3.63, 3.8) is 0 Å². The third-order valence-corrected chi connectivity index (χ3v) is 4.57. The van der Waals surface area contributed by atoms with Crippen LogP contribution in [0.15, 0.2) is 40.9 Å². The van der Waals surface area contributed by atoms with Crippen molar-refractivity contribution >= 4 is 39.1 Å². The van der Waals surface area contributed by atoms with E-state index in [-0.39, 0.29) is 5.82 Å². The summed E-state index contributed by atoms with van der Waals surface area (Å²) < 4.78 is 13.8. The first-order valence-corrected chi connectivity index (χ1v) is 7.57. The van der Waals surface area contributed by atoms with Crippen molar-refractivity contribution in [3.05, 3.63) is 67.9 Å². The molecule has 0 aliphatic rings. The molecule has 2 rings (SSSR count). The number of aliphatic hydroxyl groups excluding tert-OH is 1. The van der Waals surface area contributed by atoms with Crippen molar-refractivity contribution in [1.29, 1.82) is 0 Å². The van der Waals surface area contributed by atoms with Gasteiger partial charge in [0.15, 0.2) is 0 Å². The summed E-state index contributed by atoms with van der Waals surface area (Å²) in [5.41, 5.74) is 1.62. The molecule has 0 aliphatic carbocycles. The molecule has 2 aromatic carbocycles. The van der Waals surface area contributed by atoms with E-state index in [2.05, 4.69) is 15.9 Å². The predicted molar refractivity (Wildman–Crippen MR) is 84.0 cm³/mol. The Balaban J connectivity index is 2.07. The zero-order valence-electron chi connectivity index (χ0n) is 10.4. The van der Waals surface area contributed by atoms with Gasteiger partial charge < -0.3 is 5.11 Å². The second-order valence-corrected chi connectivity index (χ2v) is 6.13. The van der Waals surface area contributed by atoms with Gasteiger partial charge in [-0.15, -0.1) is 0 Å². The summed E-state index contributed by atoms with van der Waals surface area (Å²) in [5.74, 6) is -0.329. The van der Waals surface area contributed by atoms with E-state index in [0.29, 0.717) is 27.4 Å². The first-order valence-electron chi connectivity index (χ1n) is 6.02. The lowest BCUT2D eigenvalue weighted by Crippen LogP contribution is -2.14. The van der Waals surface area contributed by atoms with Crippen molar-refractivity contribution in [2.75, 3.05) is 0 Å². The third kappa shape index (κ3) is 3.95. The highest BCUT2D eigenvalue weighted by molar-refractivity contribution is 9.10. The largest absolute Gasteiger partial charge is 0.392 e. The minimum absolute atomic E-state index is 0.329. The van der Waals surface area contributed by atoms with E-state index >= 15 is 0 Å². The Kier molecular flexibility index (Phi) is 5.44. The van der Waals surface area contributed by atoms with Gasteiger partial charge in [-0.3, -0.25) is 0 Å². The third-order valence-electron chi connectivity index (χ3n) is 2.94. The van der Waals surface area contributed by atoms with Gasteiger partial charge in [-0.2, -0.15) is 0 Å². The highest BCUT2D eigenvalue weighted by Crippen LogP contribution is 2.25. The molecule has 0 saturated carbocycles. The molecule has 1 unspecified atom stereocenters. The molecule has 0 aromatic heterocycles. The van der Waals surface area contributed by atoms with Crippen LogP contribution >= 0.6 is 39.1 Å². The molecule has 0 saturated heterocycles. The van der Waals surface area contributed by atoms with Crippen molar-refractivity contribution in [3.8, 4) is 0 Å². The number of aliphatic hydroxyl groups is 1. The molecule has 2 aromatic rings. The number of rotatable bonds is 4. The van der Waals surface area contributed by atoms with Crippen LogP contribution in [0.2, 0.25) is 10.0 Å². The highest BCUT2D eigenvalue weighted by atomic mass is 79.9. The Morgan fingerprint density at radius 1 is 1.10 bits per heavy atom. The van der Waals surface area contributed by atoms with Crippen LogP contribution < -0.4 is 0 Å². The average Bonchev–Trinajstić information content (AvgIpc) is 2.39. The van der Waals surface area contributed by atoms with Crippen molar-refractivity contribution in [1.82, 2.24) is 0 Å². The molecule has 20 heavy (non-hydrogen) atoms. The molecular formula is C15H12BrCl2FO. The summed E-state index contributed by atoms with van der Waals surface area (Å²) in [7, 11) is 0. The summed E-state index contributed by atoms with van der Waals surface area (Å²) in [4.78, 5) is 0. The van der Waals surface area contributed by atoms with Gasteiger partial charge in [0.2, 0.25) is 0 Å². The molecule has 0 aliphatic heterocycles. The van der Waals surface area contributed by atoms with E-state index in [0.717, 1.165) is 11.1 Å². The van der Waals surface area contributed by atoms with Gasteiger partial charge in [0, 0.05) is 0 Å². The normalized spacial score (nSPS) is 12.4. The van der Waals surface area contributed by atoms with Crippen LogP contribution in [0.4, 0.5) is 4.39 Å². The molecule has 5 heteroatoms. The van der Waals surface area contributed by atoms with Crippen LogP contribution in [0.1, 0.15) is 11.1 Å². The Bertz CT molecular complexity index is 619. The number of benzene rings is 2.